The van der Waals surface area contributed by atoms with E-state index in [0.29, 0.717) is 12.5 Å². The van der Waals surface area contributed by atoms with Crippen molar-refractivity contribution in [2.75, 3.05) is 5.32 Å². The summed E-state index contributed by atoms with van der Waals surface area (Å²) in [6.07, 6.45) is 1.62. The first-order valence-corrected chi connectivity index (χ1v) is 3.46. The summed E-state index contributed by atoms with van der Waals surface area (Å²) in [6, 6.07) is 0. The van der Waals surface area contributed by atoms with Crippen molar-refractivity contribution in [3.05, 3.63) is 6.33 Å². The number of aromatic nitrogens is 3. The first-order valence-electron chi connectivity index (χ1n) is 3.46. The van der Waals surface area contributed by atoms with Gasteiger partial charge in [0.2, 0.25) is 11.9 Å². The second kappa shape index (κ2) is 2.05. The van der Waals surface area contributed by atoms with Gasteiger partial charge in [0.1, 0.15) is 6.33 Å². The molecule has 1 atom stereocenters. The summed E-state index contributed by atoms with van der Waals surface area (Å²) in [7, 11) is 0. The Labute approximate surface area is 63.4 Å². The highest BCUT2D eigenvalue weighted by Crippen LogP contribution is 2.14. The number of nitrogens with one attached hydrogen (secondary N) is 1. The number of amides is 1. The Morgan fingerprint density at radius 1 is 1.82 bits per heavy atom. The molecular formula is C6H8N4O. The van der Waals surface area contributed by atoms with Gasteiger partial charge in [0.25, 0.3) is 0 Å². The minimum Gasteiger partial charge on any atom is -0.299 e. The van der Waals surface area contributed by atoms with Crippen molar-refractivity contribution in [3.63, 3.8) is 0 Å². The molecule has 1 amide bonds. The quantitative estimate of drug-likeness (QED) is 0.563. The van der Waals surface area contributed by atoms with Crippen LogP contribution >= 0.6 is 0 Å². The largest absolute Gasteiger partial charge is 0.299 e. The van der Waals surface area contributed by atoms with Crippen LogP contribution in [0, 0.1) is 5.92 Å². The zero-order valence-corrected chi connectivity index (χ0v) is 6.11. The average Bonchev–Trinajstić information content (AvgIpc) is 2.36. The highest BCUT2D eigenvalue weighted by molar-refractivity contribution is 5.91. The highest BCUT2D eigenvalue weighted by Gasteiger charge is 2.22. The van der Waals surface area contributed by atoms with Gasteiger partial charge in [-0.1, -0.05) is 6.92 Å². The van der Waals surface area contributed by atoms with Gasteiger partial charge in [-0.25, -0.2) is 0 Å². The molecule has 1 aromatic rings. The summed E-state index contributed by atoms with van der Waals surface area (Å²) in [5.41, 5.74) is 0. The molecule has 5 heteroatoms. The molecule has 1 aliphatic heterocycles. The second-order valence-corrected chi connectivity index (χ2v) is 2.70. The standard InChI is InChI=1S/C6H8N4O/c1-4-2-10-3-7-9-6(10)8-5(4)11/h3-4H,2H2,1H3,(H,8,9,11). The zero-order valence-electron chi connectivity index (χ0n) is 6.11. The lowest BCUT2D eigenvalue weighted by atomic mass is 10.1. The van der Waals surface area contributed by atoms with E-state index in [9.17, 15) is 4.79 Å². The first kappa shape index (κ1) is 6.33. The third-order valence-corrected chi connectivity index (χ3v) is 1.77. The molecule has 0 saturated carbocycles. The lowest BCUT2D eigenvalue weighted by Gasteiger charge is -2.18. The molecule has 58 valence electrons. The second-order valence-electron chi connectivity index (χ2n) is 2.70. The minimum atomic E-state index is 0.0125. The fourth-order valence-electron chi connectivity index (χ4n) is 1.10. The Bertz CT molecular complexity index is 293. The Balaban J connectivity index is 2.37. The molecule has 1 unspecified atom stereocenters. The van der Waals surface area contributed by atoms with Gasteiger partial charge in [-0.15, -0.1) is 10.2 Å². The van der Waals surface area contributed by atoms with Crippen LogP contribution in [-0.4, -0.2) is 20.7 Å². The Hall–Kier alpha value is -1.39. The lowest BCUT2D eigenvalue weighted by Crippen LogP contribution is -2.31. The fourth-order valence-corrected chi connectivity index (χ4v) is 1.10. The smallest absolute Gasteiger partial charge is 0.231 e. The summed E-state index contributed by atoms with van der Waals surface area (Å²) >= 11 is 0. The molecule has 1 aromatic heterocycles. The van der Waals surface area contributed by atoms with Crippen molar-refractivity contribution in [2.24, 2.45) is 5.92 Å². The van der Waals surface area contributed by atoms with E-state index in [0.717, 1.165) is 0 Å². The van der Waals surface area contributed by atoms with Crippen LogP contribution in [0.1, 0.15) is 6.92 Å². The normalized spacial score (nSPS) is 22.6. The van der Waals surface area contributed by atoms with E-state index in [4.69, 9.17) is 0 Å². The van der Waals surface area contributed by atoms with E-state index in [1.165, 1.54) is 0 Å². The number of hydrogen-bond acceptors (Lipinski definition) is 3. The number of hydrogen-bond donors (Lipinski definition) is 1. The molecule has 0 radical (unpaired) electrons. The topological polar surface area (TPSA) is 59.8 Å². The Kier molecular flexibility index (Phi) is 1.18. The van der Waals surface area contributed by atoms with Gasteiger partial charge in [-0.2, -0.15) is 0 Å². The molecule has 0 fully saturated rings. The molecule has 1 N–H and O–H groups in total. The number of anilines is 1. The number of carbonyl (C=O) groups excluding carboxylic acids is 1. The van der Waals surface area contributed by atoms with Crippen molar-refractivity contribution in [2.45, 2.75) is 13.5 Å². The third kappa shape index (κ3) is 0.886. The predicted molar refractivity (Wildman–Crippen MR) is 37.8 cm³/mol. The van der Waals surface area contributed by atoms with E-state index in [-0.39, 0.29) is 11.8 Å². The maximum absolute atomic E-state index is 11.1. The zero-order chi connectivity index (χ0) is 7.84. The van der Waals surface area contributed by atoms with Crippen LogP contribution in [0.15, 0.2) is 6.33 Å². The van der Waals surface area contributed by atoms with E-state index in [2.05, 4.69) is 15.5 Å². The van der Waals surface area contributed by atoms with E-state index in [1.54, 1.807) is 6.33 Å². The lowest BCUT2D eigenvalue weighted by molar-refractivity contribution is -0.120. The summed E-state index contributed by atoms with van der Waals surface area (Å²) < 4.78 is 1.83. The average molecular weight is 152 g/mol. The molecular weight excluding hydrogens is 144 g/mol. The number of carbonyl (C=O) groups is 1. The van der Waals surface area contributed by atoms with Crippen LogP contribution in [0.4, 0.5) is 5.95 Å². The van der Waals surface area contributed by atoms with Crippen LogP contribution in [0.25, 0.3) is 0 Å². The van der Waals surface area contributed by atoms with Crippen molar-refractivity contribution >= 4 is 11.9 Å². The van der Waals surface area contributed by atoms with Crippen LogP contribution in [0.3, 0.4) is 0 Å². The van der Waals surface area contributed by atoms with Gasteiger partial charge in [0.15, 0.2) is 0 Å². The minimum absolute atomic E-state index is 0.0125. The van der Waals surface area contributed by atoms with Crippen LogP contribution in [0.5, 0.6) is 0 Å². The molecule has 5 nitrogen and oxygen atoms in total. The Morgan fingerprint density at radius 3 is 3.45 bits per heavy atom. The number of fused-ring (bicyclic) bond motifs is 1. The molecule has 0 aliphatic carbocycles. The molecule has 0 aromatic carbocycles. The van der Waals surface area contributed by atoms with Crippen molar-refractivity contribution in [1.82, 2.24) is 14.8 Å². The molecule has 0 spiro atoms. The molecule has 11 heavy (non-hydrogen) atoms. The SMILES string of the molecule is CC1Cn2cnnc2NC1=O. The summed E-state index contributed by atoms with van der Waals surface area (Å²) in [4.78, 5) is 11.1. The van der Waals surface area contributed by atoms with Crippen molar-refractivity contribution in [1.29, 1.82) is 0 Å². The molecule has 2 heterocycles. The molecule has 2 rings (SSSR count). The van der Waals surface area contributed by atoms with E-state index in [1.807, 2.05) is 11.5 Å². The van der Waals surface area contributed by atoms with E-state index < -0.39 is 0 Å². The number of rotatable bonds is 0. The van der Waals surface area contributed by atoms with Gasteiger partial charge >= 0.3 is 0 Å². The monoisotopic (exact) mass is 152 g/mol. The summed E-state index contributed by atoms with van der Waals surface area (Å²) in [5, 5.41) is 10.0. The van der Waals surface area contributed by atoms with Crippen LogP contribution in [-0.2, 0) is 11.3 Å². The summed E-state index contributed by atoms with van der Waals surface area (Å²) in [5.74, 6) is 0.581. The predicted octanol–water partition coefficient (Wildman–Crippen LogP) is -0.134. The van der Waals surface area contributed by atoms with Gasteiger partial charge in [-0.05, 0) is 0 Å². The number of nitrogens with zero attached hydrogens (tertiary/aromatic N) is 3. The summed E-state index contributed by atoms with van der Waals surface area (Å²) in [6.45, 7) is 2.55. The third-order valence-electron chi connectivity index (χ3n) is 1.77. The highest BCUT2D eigenvalue weighted by atomic mass is 16.2. The van der Waals surface area contributed by atoms with Gasteiger partial charge in [-0.3, -0.25) is 14.7 Å². The van der Waals surface area contributed by atoms with Crippen LogP contribution in [0.2, 0.25) is 0 Å². The molecule has 1 aliphatic rings. The van der Waals surface area contributed by atoms with Gasteiger partial charge in [0, 0.05) is 6.54 Å². The fraction of sp³-hybridized carbons (Fsp3) is 0.500. The molecule has 0 bridgehead atoms. The maximum atomic E-state index is 11.1. The first-order chi connectivity index (χ1) is 5.27. The van der Waals surface area contributed by atoms with Crippen molar-refractivity contribution < 1.29 is 4.79 Å². The van der Waals surface area contributed by atoms with Gasteiger partial charge < -0.3 is 0 Å². The molecule has 0 saturated heterocycles. The van der Waals surface area contributed by atoms with E-state index >= 15 is 0 Å². The van der Waals surface area contributed by atoms with Gasteiger partial charge in [0.05, 0.1) is 5.92 Å². The van der Waals surface area contributed by atoms with Crippen LogP contribution < -0.4 is 5.32 Å². The maximum Gasteiger partial charge on any atom is 0.231 e. The Morgan fingerprint density at radius 2 is 2.64 bits per heavy atom. The van der Waals surface area contributed by atoms with Crippen molar-refractivity contribution in [3.8, 4) is 0 Å².